The molecule has 2 aromatic rings. The maximum atomic E-state index is 15.3. The van der Waals surface area contributed by atoms with Gasteiger partial charge in [0.15, 0.2) is 5.67 Å². The van der Waals surface area contributed by atoms with E-state index in [1.165, 1.54) is 0 Å². The van der Waals surface area contributed by atoms with Gasteiger partial charge in [0, 0.05) is 29.9 Å². The summed E-state index contributed by atoms with van der Waals surface area (Å²) in [5.74, 6) is 0. The van der Waals surface area contributed by atoms with Gasteiger partial charge in [-0.25, -0.2) is 4.39 Å². The fourth-order valence-corrected chi connectivity index (χ4v) is 3.91. The Balaban J connectivity index is 1.81. The fraction of sp³-hybridized carbons (Fsp3) is 0.421. The number of rotatable bonds is 2. The molecule has 3 N–H and O–H groups in total. The van der Waals surface area contributed by atoms with Gasteiger partial charge in [0.2, 0.25) is 0 Å². The number of benzene rings is 1. The van der Waals surface area contributed by atoms with Crippen molar-refractivity contribution in [2.45, 2.75) is 25.1 Å². The Morgan fingerprint density at radius 1 is 1.44 bits per heavy atom. The Kier molecular flexibility index (Phi) is 3.89. The zero-order chi connectivity index (χ0) is 17.6. The highest BCUT2D eigenvalue weighted by atomic mass is 19.1. The lowest BCUT2D eigenvalue weighted by Gasteiger charge is -2.48. The summed E-state index contributed by atoms with van der Waals surface area (Å²) in [5.41, 5.74) is 9.64. The highest BCUT2D eigenvalue weighted by Crippen LogP contribution is 2.41. The van der Waals surface area contributed by atoms with Crippen LogP contribution in [0, 0.1) is 6.92 Å². The van der Waals surface area contributed by atoms with Crippen LogP contribution in [-0.2, 0) is 11.2 Å². The number of nitrogens with two attached hydrogens (primary N) is 1. The summed E-state index contributed by atoms with van der Waals surface area (Å²) in [4.78, 5) is 6.37. The lowest BCUT2D eigenvalue weighted by Crippen LogP contribution is -2.62. The van der Waals surface area contributed by atoms with E-state index in [-0.39, 0.29) is 6.42 Å². The number of nitrogen functional groups attached to an aromatic ring is 1. The van der Waals surface area contributed by atoms with Crippen LogP contribution < -0.4 is 10.6 Å². The van der Waals surface area contributed by atoms with Crippen LogP contribution in [0.2, 0.25) is 0 Å². The molecule has 0 saturated carbocycles. The second kappa shape index (κ2) is 5.97. The molecular weight excluding hydrogens is 321 g/mol. The van der Waals surface area contributed by atoms with Crippen molar-refractivity contribution in [2.75, 3.05) is 37.0 Å². The van der Waals surface area contributed by atoms with Gasteiger partial charge in [-0.3, -0.25) is 4.98 Å². The van der Waals surface area contributed by atoms with Crippen LogP contribution >= 0.6 is 0 Å². The molecule has 2 aliphatic heterocycles. The van der Waals surface area contributed by atoms with Crippen molar-refractivity contribution in [1.29, 1.82) is 0 Å². The molecule has 0 unspecified atom stereocenters. The standard InChI is InChI=1S/C19H22FN3O2/c1-12-16(7-15(21)9-22-12)13-2-3-14-8-19(20,11-24)18-10-25-5-4-23(18)17(14)6-13/h2-3,6-7,9,18,24H,4-5,8,10-11,21H2,1H3/t18-,19-/m0/s1. The van der Waals surface area contributed by atoms with E-state index >= 15 is 4.39 Å². The highest BCUT2D eigenvalue weighted by molar-refractivity contribution is 5.75. The third-order valence-electron chi connectivity index (χ3n) is 5.29. The summed E-state index contributed by atoms with van der Waals surface area (Å²) in [6.45, 7) is 2.90. The summed E-state index contributed by atoms with van der Waals surface area (Å²) in [6, 6.07) is 7.45. The number of aryl methyl sites for hydroxylation is 1. The highest BCUT2D eigenvalue weighted by Gasteiger charge is 2.48. The minimum atomic E-state index is -1.68. The number of anilines is 2. The van der Waals surface area contributed by atoms with Gasteiger partial charge in [-0.2, -0.15) is 0 Å². The number of morpholine rings is 1. The Morgan fingerprint density at radius 2 is 2.28 bits per heavy atom. The predicted octanol–water partition coefficient (Wildman–Crippen LogP) is 2.10. The van der Waals surface area contributed by atoms with E-state index in [0.717, 1.165) is 28.1 Å². The number of alkyl halides is 1. The SMILES string of the molecule is Cc1ncc(N)cc1-c1ccc2c(c1)N1CCOC[C@H]1[C@@](F)(CO)C2. The Labute approximate surface area is 146 Å². The molecule has 2 aliphatic rings. The van der Waals surface area contributed by atoms with Gasteiger partial charge >= 0.3 is 0 Å². The first-order valence-electron chi connectivity index (χ1n) is 8.51. The van der Waals surface area contributed by atoms with Crippen LogP contribution in [0.1, 0.15) is 11.3 Å². The molecule has 2 atom stereocenters. The first-order chi connectivity index (χ1) is 12.0. The second-order valence-electron chi connectivity index (χ2n) is 6.90. The summed E-state index contributed by atoms with van der Waals surface area (Å²) >= 11 is 0. The molecule has 1 aromatic carbocycles. The summed E-state index contributed by atoms with van der Waals surface area (Å²) in [7, 11) is 0. The Morgan fingerprint density at radius 3 is 3.08 bits per heavy atom. The number of aromatic nitrogens is 1. The van der Waals surface area contributed by atoms with Crippen molar-refractivity contribution >= 4 is 11.4 Å². The molecule has 6 heteroatoms. The van der Waals surface area contributed by atoms with E-state index in [0.29, 0.717) is 25.4 Å². The molecule has 25 heavy (non-hydrogen) atoms. The van der Waals surface area contributed by atoms with Gasteiger partial charge in [-0.15, -0.1) is 0 Å². The van der Waals surface area contributed by atoms with Gasteiger partial charge < -0.3 is 20.5 Å². The van der Waals surface area contributed by atoms with Crippen LogP contribution in [0.3, 0.4) is 0 Å². The van der Waals surface area contributed by atoms with Crippen molar-refractivity contribution in [3.8, 4) is 11.1 Å². The van der Waals surface area contributed by atoms with Crippen LogP contribution in [-0.4, -0.2) is 48.2 Å². The van der Waals surface area contributed by atoms with Crippen LogP contribution in [0.4, 0.5) is 15.8 Å². The molecule has 4 rings (SSSR count). The smallest absolute Gasteiger partial charge is 0.160 e. The quantitative estimate of drug-likeness (QED) is 0.874. The molecule has 5 nitrogen and oxygen atoms in total. The van der Waals surface area contributed by atoms with Crippen molar-refractivity contribution < 1.29 is 14.2 Å². The minimum absolute atomic E-state index is 0.192. The molecular formula is C19H22FN3O2. The van der Waals surface area contributed by atoms with Gasteiger partial charge in [0.1, 0.15) is 0 Å². The zero-order valence-electron chi connectivity index (χ0n) is 14.2. The van der Waals surface area contributed by atoms with E-state index in [4.69, 9.17) is 10.5 Å². The Bertz CT molecular complexity index is 813. The first-order valence-corrected chi connectivity index (χ1v) is 8.51. The summed E-state index contributed by atoms with van der Waals surface area (Å²) in [5, 5.41) is 9.63. The number of hydrogen-bond donors (Lipinski definition) is 2. The molecule has 0 aliphatic carbocycles. The van der Waals surface area contributed by atoms with Crippen LogP contribution in [0.5, 0.6) is 0 Å². The van der Waals surface area contributed by atoms with Gasteiger partial charge in [-0.1, -0.05) is 12.1 Å². The third-order valence-corrected chi connectivity index (χ3v) is 5.29. The van der Waals surface area contributed by atoms with E-state index in [1.807, 2.05) is 30.0 Å². The number of aliphatic hydroxyl groups is 1. The maximum Gasteiger partial charge on any atom is 0.160 e. The number of pyridine rings is 1. The number of hydrogen-bond acceptors (Lipinski definition) is 5. The van der Waals surface area contributed by atoms with Crippen LogP contribution in [0.25, 0.3) is 11.1 Å². The third kappa shape index (κ3) is 2.65. The van der Waals surface area contributed by atoms with Gasteiger partial charge in [0.05, 0.1) is 37.7 Å². The van der Waals surface area contributed by atoms with E-state index in [9.17, 15) is 5.11 Å². The van der Waals surface area contributed by atoms with Crippen molar-refractivity contribution in [3.05, 3.63) is 41.7 Å². The largest absolute Gasteiger partial charge is 0.397 e. The minimum Gasteiger partial charge on any atom is -0.397 e. The summed E-state index contributed by atoms with van der Waals surface area (Å²) in [6.07, 6.45) is 1.84. The Hall–Kier alpha value is -2.18. The number of aliphatic hydroxyl groups excluding tert-OH is 1. The first kappa shape index (κ1) is 16.3. The normalized spacial score (nSPS) is 25.4. The number of ether oxygens (including phenoxy) is 1. The lowest BCUT2D eigenvalue weighted by atomic mass is 9.82. The lowest BCUT2D eigenvalue weighted by molar-refractivity contribution is -0.0173. The van der Waals surface area contributed by atoms with Gasteiger partial charge in [-0.05, 0) is 30.2 Å². The predicted molar refractivity (Wildman–Crippen MR) is 95.4 cm³/mol. The zero-order valence-corrected chi connectivity index (χ0v) is 14.2. The molecule has 3 heterocycles. The molecule has 1 aromatic heterocycles. The van der Waals surface area contributed by atoms with Crippen molar-refractivity contribution in [2.24, 2.45) is 0 Å². The molecule has 0 radical (unpaired) electrons. The average molecular weight is 343 g/mol. The average Bonchev–Trinajstić information content (AvgIpc) is 2.64. The monoisotopic (exact) mass is 343 g/mol. The van der Waals surface area contributed by atoms with Crippen molar-refractivity contribution in [1.82, 2.24) is 4.98 Å². The summed E-state index contributed by atoms with van der Waals surface area (Å²) < 4.78 is 20.7. The molecule has 0 amide bonds. The number of fused-ring (bicyclic) bond motifs is 3. The maximum absolute atomic E-state index is 15.3. The molecule has 1 fully saturated rings. The fourth-order valence-electron chi connectivity index (χ4n) is 3.91. The molecule has 132 valence electrons. The van der Waals surface area contributed by atoms with E-state index in [1.54, 1.807) is 6.20 Å². The second-order valence-corrected chi connectivity index (χ2v) is 6.90. The van der Waals surface area contributed by atoms with Crippen LogP contribution in [0.15, 0.2) is 30.5 Å². The van der Waals surface area contributed by atoms with Crippen molar-refractivity contribution in [3.63, 3.8) is 0 Å². The molecule has 0 bridgehead atoms. The van der Waals surface area contributed by atoms with E-state index in [2.05, 4.69) is 11.1 Å². The molecule has 1 saturated heterocycles. The molecule has 0 spiro atoms. The number of nitrogens with zero attached hydrogens (tertiary/aromatic N) is 2. The topological polar surface area (TPSA) is 71.6 Å². The number of halogens is 1. The van der Waals surface area contributed by atoms with Gasteiger partial charge in [0.25, 0.3) is 0 Å². The van der Waals surface area contributed by atoms with E-state index < -0.39 is 18.3 Å².